The molecule has 4 nitrogen and oxygen atoms in total. The van der Waals surface area contributed by atoms with Gasteiger partial charge in [0, 0.05) is 29.3 Å². The van der Waals surface area contributed by atoms with E-state index in [9.17, 15) is 13.2 Å². The van der Waals surface area contributed by atoms with Crippen LogP contribution in [0.4, 0.5) is 5.69 Å². The van der Waals surface area contributed by atoms with Crippen LogP contribution in [0, 0.1) is 0 Å². The van der Waals surface area contributed by atoms with E-state index in [2.05, 4.69) is 12.1 Å². The smallest absolute Gasteiger partial charge is 0.237 e. The highest BCUT2D eigenvalue weighted by molar-refractivity contribution is 8.14. The molecule has 0 aromatic heterocycles. The van der Waals surface area contributed by atoms with Crippen LogP contribution in [0.1, 0.15) is 50.0 Å². The predicted octanol–water partition coefficient (Wildman–Crippen LogP) is 3.41. The third-order valence-electron chi connectivity index (χ3n) is 4.77. The lowest BCUT2D eigenvalue weighted by Gasteiger charge is -2.23. The van der Waals surface area contributed by atoms with Gasteiger partial charge in [0.05, 0.1) is 0 Å². The van der Waals surface area contributed by atoms with Gasteiger partial charge in [-0.25, -0.2) is 8.42 Å². The summed E-state index contributed by atoms with van der Waals surface area (Å²) in [6.07, 6.45) is 6.32. The second-order valence-electron chi connectivity index (χ2n) is 6.23. The zero-order valence-electron chi connectivity index (χ0n) is 12.4. The van der Waals surface area contributed by atoms with Crippen LogP contribution < -0.4 is 4.90 Å². The topological polar surface area (TPSA) is 54.5 Å². The Bertz CT molecular complexity index is 650. The Labute approximate surface area is 135 Å². The van der Waals surface area contributed by atoms with Crippen molar-refractivity contribution in [1.29, 1.82) is 0 Å². The quantitative estimate of drug-likeness (QED) is 0.792. The molecule has 0 spiro atoms. The number of rotatable bonds is 3. The fourth-order valence-corrected chi connectivity index (χ4v) is 4.50. The maximum Gasteiger partial charge on any atom is 0.237 e. The number of halogens is 1. The van der Waals surface area contributed by atoms with Gasteiger partial charge in [-0.15, -0.1) is 0 Å². The molecule has 1 aliphatic carbocycles. The molecule has 1 atom stereocenters. The maximum atomic E-state index is 12.0. The minimum Gasteiger partial charge on any atom is -0.311 e. The van der Waals surface area contributed by atoms with Gasteiger partial charge in [-0.1, -0.05) is 31.4 Å². The van der Waals surface area contributed by atoms with Crippen LogP contribution in [0.25, 0.3) is 0 Å². The Morgan fingerprint density at radius 1 is 1.05 bits per heavy atom. The van der Waals surface area contributed by atoms with Crippen LogP contribution in [0.2, 0.25) is 0 Å². The minimum atomic E-state index is -3.69. The minimum absolute atomic E-state index is 0.0315. The number of hydrogen-bond acceptors (Lipinski definition) is 3. The zero-order chi connectivity index (χ0) is 15.7. The SMILES string of the molecule is O=C1CC(S(=O)(=O)Cl)CN1c1ccc(C2CCCCC2)cc1. The van der Waals surface area contributed by atoms with Crippen molar-refractivity contribution in [1.82, 2.24) is 0 Å². The number of hydrogen-bond donors (Lipinski definition) is 0. The van der Waals surface area contributed by atoms with Crippen LogP contribution in [0.15, 0.2) is 24.3 Å². The summed E-state index contributed by atoms with van der Waals surface area (Å²) in [7, 11) is 1.69. The maximum absolute atomic E-state index is 12.0. The Kier molecular flexibility index (Phi) is 4.46. The van der Waals surface area contributed by atoms with E-state index < -0.39 is 14.3 Å². The molecule has 1 aromatic carbocycles. The molecule has 120 valence electrons. The number of benzene rings is 1. The summed E-state index contributed by atoms with van der Waals surface area (Å²) < 4.78 is 22.8. The van der Waals surface area contributed by atoms with Gasteiger partial charge in [0.2, 0.25) is 15.0 Å². The first-order chi connectivity index (χ1) is 10.4. The molecule has 22 heavy (non-hydrogen) atoms. The van der Waals surface area contributed by atoms with E-state index >= 15 is 0 Å². The zero-order valence-corrected chi connectivity index (χ0v) is 13.9. The molecular formula is C16H20ClNO3S. The highest BCUT2D eigenvalue weighted by atomic mass is 35.7. The van der Waals surface area contributed by atoms with Crippen molar-refractivity contribution in [3.63, 3.8) is 0 Å². The lowest BCUT2D eigenvalue weighted by Crippen LogP contribution is -2.26. The Hall–Kier alpha value is -1.07. The van der Waals surface area contributed by atoms with Crippen molar-refractivity contribution >= 4 is 31.3 Å². The summed E-state index contributed by atoms with van der Waals surface area (Å²) in [6, 6.07) is 7.98. The molecule has 1 saturated carbocycles. The second-order valence-corrected chi connectivity index (χ2v) is 9.14. The number of anilines is 1. The van der Waals surface area contributed by atoms with Gasteiger partial charge in [0.1, 0.15) is 5.25 Å². The first-order valence-corrected chi connectivity index (χ1v) is 10.2. The molecule has 1 aliphatic heterocycles. The van der Waals surface area contributed by atoms with Crippen molar-refractivity contribution in [3.05, 3.63) is 29.8 Å². The summed E-state index contributed by atoms with van der Waals surface area (Å²) in [6.45, 7) is 0.146. The van der Waals surface area contributed by atoms with Crippen LogP contribution in [-0.2, 0) is 13.8 Å². The van der Waals surface area contributed by atoms with Crippen molar-refractivity contribution in [2.45, 2.75) is 49.7 Å². The van der Waals surface area contributed by atoms with Gasteiger partial charge in [-0.05, 0) is 36.5 Å². The van der Waals surface area contributed by atoms with Gasteiger partial charge < -0.3 is 4.90 Å². The van der Waals surface area contributed by atoms with E-state index in [1.54, 1.807) is 0 Å². The predicted molar refractivity (Wildman–Crippen MR) is 87.8 cm³/mol. The Morgan fingerprint density at radius 3 is 2.23 bits per heavy atom. The van der Waals surface area contributed by atoms with E-state index in [0.717, 1.165) is 5.69 Å². The van der Waals surface area contributed by atoms with Crippen molar-refractivity contribution < 1.29 is 13.2 Å². The van der Waals surface area contributed by atoms with Crippen molar-refractivity contribution in [2.75, 3.05) is 11.4 Å². The van der Waals surface area contributed by atoms with E-state index in [-0.39, 0.29) is 18.9 Å². The molecule has 1 heterocycles. The normalized spacial score (nSPS) is 24.0. The molecule has 1 unspecified atom stereocenters. The first-order valence-electron chi connectivity index (χ1n) is 7.79. The summed E-state index contributed by atoms with van der Waals surface area (Å²) in [5.74, 6) is 0.438. The van der Waals surface area contributed by atoms with Crippen LogP contribution in [0.3, 0.4) is 0 Å². The molecular weight excluding hydrogens is 322 g/mol. The molecule has 1 amide bonds. The summed E-state index contributed by atoms with van der Waals surface area (Å²) >= 11 is 0. The fourth-order valence-electron chi connectivity index (χ4n) is 3.48. The molecule has 0 bridgehead atoms. The highest BCUT2D eigenvalue weighted by Gasteiger charge is 2.37. The van der Waals surface area contributed by atoms with E-state index in [4.69, 9.17) is 10.7 Å². The molecule has 1 aromatic rings. The average Bonchev–Trinajstić information content (AvgIpc) is 2.90. The van der Waals surface area contributed by atoms with E-state index in [1.165, 1.54) is 42.6 Å². The lowest BCUT2D eigenvalue weighted by molar-refractivity contribution is -0.117. The van der Waals surface area contributed by atoms with Gasteiger partial charge in [0.15, 0.2) is 0 Å². The first kappa shape index (κ1) is 15.8. The Morgan fingerprint density at radius 2 is 1.68 bits per heavy atom. The fraction of sp³-hybridized carbons (Fsp3) is 0.562. The van der Waals surface area contributed by atoms with Gasteiger partial charge in [-0.2, -0.15) is 0 Å². The van der Waals surface area contributed by atoms with Crippen LogP contribution in [0.5, 0.6) is 0 Å². The third kappa shape index (κ3) is 3.30. The lowest BCUT2D eigenvalue weighted by atomic mass is 9.84. The van der Waals surface area contributed by atoms with E-state index in [0.29, 0.717) is 5.92 Å². The number of nitrogens with zero attached hydrogens (tertiary/aromatic N) is 1. The summed E-state index contributed by atoms with van der Waals surface area (Å²) in [4.78, 5) is 13.5. The second kappa shape index (κ2) is 6.20. The number of carbonyl (C=O) groups is 1. The molecule has 1 saturated heterocycles. The molecule has 2 fully saturated rings. The van der Waals surface area contributed by atoms with E-state index in [1.807, 2.05) is 12.1 Å². The standard InChI is InChI=1S/C16H20ClNO3S/c17-22(20,21)15-10-16(19)18(11-15)14-8-6-13(7-9-14)12-4-2-1-3-5-12/h6-9,12,15H,1-5,10-11H2. The highest BCUT2D eigenvalue weighted by Crippen LogP contribution is 2.34. The van der Waals surface area contributed by atoms with Gasteiger partial charge in [0.25, 0.3) is 0 Å². The summed E-state index contributed by atoms with van der Waals surface area (Å²) in [5.41, 5.74) is 2.07. The molecule has 6 heteroatoms. The monoisotopic (exact) mass is 341 g/mol. The van der Waals surface area contributed by atoms with Crippen molar-refractivity contribution in [2.24, 2.45) is 0 Å². The van der Waals surface area contributed by atoms with Gasteiger partial charge >= 0.3 is 0 Å². The van der Waals surface area contributed by atoms with Crippen molar-refractivity contribution in [3.8, 4) is 0 Å². The molecule has 0 N–H and O–H groups in total. The average molecular weight is 342 g/mol. The third-order valence-corrected chi connectivity index (χ3v) is 6.64. The Balaban J connectivity index is 1.74. The molecule has 3 rings (SSSR count). The molecule has 0 radical (unpaired) electrons. The summed E-state index contributed by atoms with van der Waals surface area (Å²) in [5, 5.41) is -0.806. The largest absolute Gasteiger partial charge is 0.311 e. The number of amides is 1. The van der Waals surface area contributed by atoms with Gasteiger partial charge in [-0.3, -0.25) is 4.79 Å². The van der Waals surface area contributed by atoms with Crippen LogP contribution >= 0.6 is 10.7 Å². The molecule has 2 aliphatic rings. The number of carbonyl (C=O) groups excluding carboxylic acids is 1. The van der Waals surface area contributed by atoms with Crippen LogP contribution in [-0.4, -0.2) is 26.1 Å².